The van der Waals surface area contributed by atoms with Crippen LogP contribution in [0.4, 0.5) is 21.9 Å². The van der Waals surface area contributed by atoms with Gasteiger partial charge in [-0.1, -0.05) is 12.1 Å². The Hall–Kier alpha value is -4.07. The smallest absolute Gasteiger partial charge is 0.414 e. The molecule has 2 heterocycles. The zero-order chi connectivity index (χ0) is 20.9. The van der Waals surface area contributed by atoms with Gasteiger partial charge in [0.15, 0.2) is 6.10 Å². The van der Waals surface area contributed by atoms with Gasteiger partial charge in [-0.05, 0) is 48.5 Å². The second-order valence-electron chi connectivity index (χ2n) is 6.70. The van der Waals surface area contributed by atoms with Crippen molar-refractivity contribution in [1.82, 2.24) is 4.98 Å². The van der Waals surface area contributed by atoms with Crippen molar-refractivity contribution >= 4 is 29.1 Å². The van der Waals surface area contributed by atoms with Gasteiger partial charge in [-0.2, -0.15) is 0 Å². The number of hydrogen-bond acceptors (Lipinski definition) is 6. The number of rotatable bonds is 6. The van der Waals surface area contributed by atoms with Crippen LogP contribution in [-0.2, 0) is 4.74 Å². The first-order chi connectivity index (χ1) is 14.6. The van der Waals surface area contributed by atoms with E-state index in [2.05, 4.69) is 10.3 Å². The Morgan fingerprint density at radius 2 is 1.97 bits per heavy atom. The Morgan fingerprint density at radius 3 is 2.70 bits per heavy atom. The average molecular weight is 404 g/mol. The standard InChI is InChI=1S/C22H20N4O4/c23-19-5-1-2-6-20(19)25-21(27)15-7-9-16(10-8-15)26-13-18(30-22(26)28)14-29-17-4-3-11-24-12-17/h1-12,18H,13-14,23H2,(H,25,27). The van der Waals surface area contributed by atoms with E-state index in [0.717, 1.165) is 0 Å². The Balaban J connectivity index is 1.37. The molecular weight excluding hydrogens is 384 g/mol. The van der Waals surface area contributed by atoms with Gasteiger partial charge in [0.25, 0.3) is 5.91 Å². The van der Waals surface area contributed by atoms with E-state index in [-0.39, 0.29) is 12.5 Å². The number of nitrogens with zero attached hydrogens (tertiary/aromatic N) is 2. The Morgan fingerprint density at radius 1 is 1.17 bits per heavy atom. The number of aromatic nitrogens is 1. The van der Waals surface area contributed by atoms with Gasteiger partial charge >= 0.3 is 6.09 Å². The van der Waals surface area contributed by atoms with E-state index in [1.54, 1.807) is 73.1 Å². The molecule has 1 saturated heterocycles. The summed E-state index contributed by atoms with van der Waals surface area (Å²) in [4.78, 5) is 30.2. The molecule has 1 aliphatic rings. The van der Waals surface area contributed by atoms with Crippen molar-refractivity contribution in [3.05, 3.63) is 78.6 Å². The third-order valence-electron chi connectivity index (χ3n) is 4.59. The summed E-state index contributed by atoms with van der Waals surface area (Å²) in [7, 11) is 0. The maximum Gasteiger partial charge on any atom is 0.414 e. The van der Waals surface area contributed by atoms with Gasteiger partial charge in [-0.25, -0.2) is 4.79 Å². The van der Waals surface area contributed by atoms with Crippen molar-refractivity contribution in [3.63, 3.8) is 0 Å². The van der Waals surface area contributed by atoms with Crippen LogP contribution in [0.25, 0.3) is 0 Å². The highest BCUT2D eigenvalue weighted by Crippen LogP contribution is 2.24. The highest BCUT2D eigenvalue weighted by Gasteiger charge is 2.32. The summed E-state index contributed by atoms with van der Waals surface area (Å²) in [5, 5.41) is 2.77. The van der Waals surface area contributed by atoms with Crippen LogP contribution in [0, 0.1) is 0 Å². The molecule has 1 unspecified atom stereocenters. The van der Waals surface area contributed by atoms with E-state index in [9.17, 15) is 9.59 Å². The number of carbonyl (C=O) groups excluding carboxylic acids is 2. The molecule has 0 spiro atoms. The van der Waals surface area contributed by atoms with Crippen molar-refractivity contribution in [3.8, 4) is 5.75 Å². The number of anilines is 3. The fourth-order valence-electron chi connectivity index (χ4n) is 3.04. The molecule has 0 radical (unpaired) electrons. The van der Waals surface area contributed by atoms with Crippen molar-refractivity contribution < 1.29 is 19.1 Å². The van der Waals surface area contributed by atoms with Crippen LogP contribution in [0.1, 0.15) is 10.4 Å². The van der Waals surface area contributed by atoms with Crippen LogP contribution in [0.2, 0.25) is 0 Å². The number of para-hydroxylation sites is 2. The number of amides is 2. The molecule has 30 heavy (non-hydrogen) atoms. The highest BCUT2D eigenvalue weighted by molar-refractivity contribution is 6.06. The van der Waals surface area contributed by atoms with E-state index >= 15 is 0 Å². The van der Waals surface area contributed by atoms with Gasteiger partial charge in [0.1, 0.15) is 12.4 Å². The van der Waals surface area contributed by atoms with E-state index < -0.39 is 12.2 Å². The topological polar surface area (TPSA) is 107 Å². The molecule has 2 amide bonds. The first-order valence-electron chi connectivity index (χ1n) is 9.37. The molecule has 152 valence electrons. The SMILES string of the molecule is Nc1ccccc1NC(=O)c1ccc(N2CC(COc3cccnc3)OC2=O)cc1. The molecule has 1 atom stereocenters. The van der Waals surface area contributed by atoms with Crippen LogP contribution in [0.15, 0.2) is 73.1 Å². The summed E-state index contributed by atoms with van der Waals surface area (Å²) in [5.74, 6) is 0.326. The number of benzene rings is 2. The number of nitrogen functional groups attached to an aromatic ring is 1. The molecule has 0 saturated carbocycles. The average Bonchev–Trinajstić information content (AvgIpc) is 3.15. The van der Waals surface area contributed by atoms with Crippen molar-refractivity contribution in [1.29, 1.82) is 0 Å². The lowest BCUT2D eigenvalue weighted by molar-refractivity contribution is 0.102. The van der Waals surface area contributed by atoms with Crippen LogP contribution in [0.3, 0.4) is 0 Å². The predicted molar refractivity (Wildman–Crippen MR) is 113 cm³/mol. The fraction of sp³-hybridized carbons (Fsp3) is 0.136. The summed E-state index contributed by atoms with van der Waals surface area (Å²) in [6, 6.07) is 17.3. The normalized spacial score (nSPS) is 15.5. The lowest BCUT2D eigenvalue weighted by atomic mass is 10.1. The van der Waals surface area contributed by atoms with Gasteiger partial charge in [0.2, 0.25) is 0 Å². The maximum absolute atomic E-state index is 12.4. The second-order valence-corrected chi connectivity index (χ2v) is 6.70. The number of nitrogens with one attached hydrogen (secondary N) is 1. The second kappa shape index (κ2) is 8.52. The molecule has 4 rings (SSSR count). The van der Waals surface area contributed by atoms with Crippen LogP contribution in [-0.4, -0.2) is 36.2 Å². The predicted octanol–water partition coefficient (Wildman–Crippen LogP) is 3.32. The minimum atomic E-state index is -0.455. The minimum absolute atomic E-state index is 0.229. The molecule has 1 fully saturated rings. The summed E-state index contributed by atoms with van der Waals surface area (Å²) in [5.41, 5.74) is 7.98. The number of carbonyl (C=O) groups is 2. The van der Waals surface area contributed by atoms with Gasteiger partial charge in [-0.3, -0.25) is 14.7 Å². The van der Waals surface area contributed by atoms with Crippen LogP contribution in [0.5, 0.6) is 5.75 Å². The number of nitrogens with two attached hydrogens (primary N) is 1. The Kier molecular flexibility index (Phi) is 5.47. The van der Waals surface area contributed by atoms with Crippen molar-refractivity contribution in [2.75, 3.05) is 29.1 Å². The first-order valence-corrected chi connectivity index (χ1v) is 9.37. The molecule has 0 bridgehead atoms. The van der Waals surface area contributed by atoms with Gasteiger partial charge in [-0.15, -0.1) is 0 Å². The van der Waals surface area contributed by atoms with Gasteiger partial charge < -0.3 is 20.5 Å². The lowest BCUT2D eigenvalue weighted by Crippen LogP contribution is -2.26. The van der Waals surface area contributed by atoms with E-state index in [1.807, 2.05) is 0 Å². The third-order valence-corrected chi connectivity index (χ3v) is 4.59. The number of ether oxygens (including phenoxy) is 2. The van der Waals surface area contributed by atoms with Gasteiger partial charge in [0, 0.05) is 17.4 Å². The zero-order valence-corrected chi connectivity index (χ0v) is 16.0. The van der Waals surface area contributed by atoms with E-state index in [1.165, 1.54) is 4.90 Å². The summed E-state index contributed by atoms with van der Waals surface area (Å²) < 4.78 is 11.0. The van der Waals surface area contributed by atoms with Crippen LogP contribution < -0.4 is 20.7 Å². The first kappa shape index (κ1) is 19.3. The minimum Gasteiger partial charge on any atom is -0.488 e. The zero-order valence-electron chi connectivity index (χ0n) is 16.0. The fourth-order valence-corrected chi connectivity index (χ4v) is 3.04. The molecular formula is C22H20N4O4. The Bertz CT molecular complexity index is 1040. The number of cyclic esters (lactones) is 1. The lowest BCUT2D eigenvalue weighted by Gasteiger charge is -2.14. The van der Waals surface area contributed by atoms with Crippen molar-refractivity contribution in [2.24, 2.45) is 0 Å². The summed E-state index contributed by atoms with van der Waals surface area (Å²) in [6.07, 6.45) is 2.40. The molecule has 8 nitrogen and oxygen atoms in total. The van der Waals surface area contributed by atoms with Crippen molar-refractivity contribution in [2.45, 2.75) is 6.10 Å². The highest BCUT2D eigenvalue weighted by atomic mass is 16.6. The van der Waals surface area contributed by atoms with E-state index in [0.29, 0.717) is 34.9 Å². The molecule has 3 aromatic rings. The maximum atomic E-state index is 12.4. The number of hydrogen-bond donors (Lipinski definition) is 2. The molecule has 3 N–H and O–H groups in total. The summed E-state index contributed by atoms with van der Waals surface area (Å²) >= 11 is 0. The van der Waals surface area contributed by atoms with Crippen LogP contribution >= 0.6 is 0 Å². The molecule has 2 aromatic carbocycles. The largest absolute Gasteiger partial charge is 0.488 e. The molecule has 1 aromatic heterocycles. The Labute approximate surface area is 173 Å². The third kappa shape index (κ3) is 4.33. The van der Waals surface area contributed by atoms with E-state index in [4.69, 9.17) is 15.2 Å². The summed E-state index contributed by atoms with van der Waals surface area (Å²) in [6.45, 7) is 0.581. The monoisotopic (exact) mass is 404 g/mol. The van der Waals surface area contributed by atoms with Gasteiger partial charge in [0.05, 0.1) is 24.1 Å². The molecule has 8 heteroatoms. The quantitative estimate of drug-likeness (QED) is 0.611. The number of pyridine rings is 1. The molecule has 0 aliphatic carbocycles. The molecule has 1 aliphatic heterocycles.